The van der Waals surface area contributed by atoms with Crippen LogP contribution in [0.2, 0.25) is 0 Å². The molecule has 1 saturated heterocycles. The molecule has 6 nitrogen and oxygen atoms in total. The van der Waals surface area contributed by atoms with Crippen molar-refractivity contribution >= 4 is 29.9 Å². The van der Waals surface area contributed by atoms with Crippen LogP contribution in [0.3, 0.4) is 0 Å². The van der Waals surface area contributed by atoms with Gasteiger partial charge in [-0.2, -0.15) is 0 Å². The highest BCUT2D eigenvalue weighted by atomic mass is 127. The summed E-state index contributed by atoms with van der Waals surface area (Å²) in [5.41, 5.74) is 0. The van der Waals surface area contributed by atoms with Crippen molar-refractivity contribution in [2.24, 2.45) is 12.0 Å². The van der Waals surface area contributed by atoms with Gasteiger partial charge in [0.05, 0.1) is 0 Å². The Bertz CT molecular complexity index is 473. The van der Waals surface area contributed by atoms with E-state index in [0.717, 1.165) is 30.7 Å². The van der Waals surface area contributed by atoms with Crippen molar-refractivity contribution in [1.82, 2.24) is 25.0 Å². The molecule has 20 heavy (non-hydrogen) atoms. The highest BCUT2D eigenvalue weighted by Gasteiger charge is 2.25. The molecule has 0 aromatic carbocycles. The third-order valence-electron chi connectivity index (χ3n) is 3.87. The van der Waals surface area contributed by atoms with Gasteiger partial charge in [-0.25, -0.2) is 4.99 Å². The molecule has 2 fully saturated rings. The van der Waals surface area contributed by atoms with Gasteiger partial charge in [-0.05, 0) is 32.6 Å². The van der Waals surface area contributed by atoms with E-state index >= 15 is 0 Å². The summed E-state index contributed by atoms with van der Waals surface area (Å²) in [7, 11) is 1.99. The third-order valence-corrected chi connectivity index (χ3v) is 3.87. The summed E-state index contributed by atoms with van der Waals surface area (Å²) in [6.07, 6.45) is 5.09. The maximum Gasteiger partial charge on any atom is 0.194 e. The number of halogens is 1. The third kappa shape index (κ3) is 3.62. The summed E-state index contributed by atoms with van der Waals surface area (Å²) < 4.78 is 2.00. The second-order valence-electron chi connectivity index (χ2n) is 5.48. The van der Waals surface area contributed by atoms with Crippen molar-refractivity contribution in [3.05, 3.63) is 11.6 Å². The Morgan fingerprint density at radius 1 is 1.30 bits per heavy atom. The topological polar surface area (TPSA) is 58.3 Å². The van der Waals surface area contributed by atoms with Gasteiger partial charge in [0, 0.05) is 26.2 Å². The maximum atomic E-state index is 4.74. The second kappa shape index (κ2) is 6.73. The Labute approximate surface area is 137 Å². The number of aryl methyl sites for hydroxylation is 1. The molecule has 1 aliphatic carbocycles. The summed E-state index contributed by atoms with van der Waals surface area (Å²) >= 11 is 0. The molecule has 7 heteroatoms. The van der Waals surface area contributed by atoms with Gasteiger partial charge in [0.25, 0.3) is 0 Å². The molecule has 0 unspecified atom stereocenters. The number of nitrogens with zero attached hydrogens (tertiary/aromatic N) is 5. The highest BCUT2D eigenvalue weighted by molar-refractivity contribution is 14.0. The first-order chi connectivity index (χ1) is 9.24. The van der Waals surface area contributed by atoms with Gasteiger partial charge < -0.3 is 14.8 Å². The van der Waals surface area contributed by atoms with E-state index in [0.29, 0.717) is 12.6 Å². The van der Waals surface area contributed by atoms with Gasteiger partial charge in [0.15, 0.2) is 11.8 Å². The van der Waals surface area contributed by atoms with Crippen LogP contribution in [0.25, 0.3) is 0 Å². The summed E-state index contributed by atoms with van der Waals surface area (Å²) in [6, 6.07) is 0.639. The molecule has 0 bridgehead atoms. The lowest BCUT2D eigenvalue weighted by molar-refractivity contribution is 0.490. The van der Waals surface area contributed by atoms with Crippen LogP contribution in [-0.2, 0) is 13.6 Å². The molecular weight excluding hydrogens is 367 g/mol. The molecule has 1 aromatic heterocycles. The molecule has 2 heterocycles. The van der Waals surface area contributed by atoms with E-state index in [2.05, 4.69) is 20.4 Å². The van der Waals surface area contributed by atoms with E-state index in [1.54, 1.807) is 0 Å². The fourth-order valence-corrected chi connectivity index (χ4v) is 2.31. The van der Waals surface area contributed by atoms with Crippen molar-refractivity contribution in [3.63, 3.8) is 0 Å². The smallest absolute Gasteiger partial charge is 0.194 e. The molecule has 3 rings (SSSR count). The van der Waals surface area contributed by atoms with E-state index in [1.807, 2.05) is 18.5 Å². The van der Waals surface area contributed by atoms with Crippen molar-refractivity contribution in [2.45, 2.75) is 45.2 Å². The molecule has 0 amide bonds. The maximum absolute atomic E-state index is 4.74. The Morgan fingerprint density at radius 2 is 2.00 bits per heavy atom. The van der Waals surface area contributed by atoms with Gasteiger partial charge in [0.1, 0.15) is 12.4 Å². The van der Waals surface area contributed by atoms with E-state index in [1.165, 1.54) is 25.7 Å². The molecule has 0 spiro atoms. The molecule has 1 N–H and O–H groups in total. The normalized spacial score (nSPS) is 19.1. The number of hydrogen-bond donors (Lipinski definition) is 1. The molecule has 112 valence electrons. The largest absolute Gasteiger partial charge is 0.353 e. The lowest BCUT2D eigenvalue weighted by Gasteiger charge is -2.21. The van der Waals surface area contributed by atoms with Crippen LogP contribution in [0.5, 0.6) is 0 Å². The van der Waals surface area contributed by atoms with Gasteiger partial charge >= 0.3 is 0 Å². The minimum absolute atomic E-state index is 0. The lowest BCUT2D eigenvalue weighted by atomic mass is 10.4. The first-order valence-corrected chi connectivity index (χ1v) is 7.15. The molecule has 1 aromatic rings. The molecule has 0 atom stereocenters. The highest BCUT2D eigenvalue weighted by Crippen LogP contribution is 2.20. The first kappa shape index (κ1) is 15.5. The van der Waals surface area contributed by atoms with Gasteiger partial charge in [-0.3, -0.25) is 0 Å². The second-order valence-corrected chi connectivity index (χ2v) is 5.48. The first-order valence-electron chi connectivity index (χ1n) is 7.15. The molecule has 0 radical (unpaired) electrons. The van der Waals surface area contributed by atoms with Gasteiger partial charge in [-0.1, -0.05) is 0 Å². The zero-order valence-electron chi connectivity index (χ0n) is 12.2. The van der Waals surface area contributed by atoms with Crippen LogP contribution in [0.1, 0.15) is 37.3 Å². The van der Waals surface area contributed by atoms with Crippen LogP contribution >= 0.6 is 24.0 Å². The van der Waals surface area contributed by atoms with Crippen molar-refractivity contribution < 1.29 is 0 Å². The fourth-order valence-electron chi connectivity index (χ4n) is 2.31. The number of nitrogens with one attached hydrogen (secondary N) is 1. The Kier molecular flexibility index (Phi) is 5.22. The zero-order valence-corrected chi connectivity index (χ0v) is 14.5. The number of likely N-dealkylation sites (tertiary alicyclic amines) is 1. The monoisotopic (exact) mass is 390 g/mol. The number of rotatable bonds is 3. The quantitative estimate of drug-likeness (QED) is 0.482. The number of guanidine groups is 1. The summed E-state index contributed by atoms with van der Waals surface area (Å²) in [5.74, 6) is 2.91. The minimum atomic E-state index is 0. The predicted octanol–water partition coefficient (Wildman–Crippen LogP) is 1.45. The minimum Gasteiger partial charge on any atom is -0.353 e. The SMILES string of the molecule is Cc1nnc(CN=C(NC2CC2)N2CCCC2)n1C.I. The van der Waals surface area contributed by atoms with Crippen LogP contribution < -0.4 is 5.32 Å². The van der Waals surface area contributed by atoms with Crippen LogP contribution in [-0.4, -0.2) is 44.8 Å². The molecule has 1 saturated carbocycles. The van der Waals surface area contributed by atoms with E-state index in [-0.39, 0.29) is 24.0 Å². The lowest BCUT2D eigenvalue weighted by Crippen LogP contribution is -2.40. The van der Waals surface area contributed by atoms with Crippen molar-refractivity contribution in [3.8, 4) is 0 Å². The summed E-state index contributed by atoms with van der Waals surface area (Å²) in [6.45, 7) is 4.81. The van der Waals surface area contributed by atoms with E-state index < -0.39 is 0 Å². The van der Waals surface area contributed by atoms with Crippen molar-refractivity contribution in [2.75, 3.05) is 13.1 Å². The van der Waals surface area contributed by atoms with Crippen molar-refractivity contribution in [1.29, 1.82) is 0 Å². The molecular formula is C13H23IN6. The average molecular weight is 390 g/mol. The Morgan fingerprint density at radius 3 is 2.55 bits per heavy atom. The number of hydrogen-bond acceptors (Lipinski definition) is 3. The van der Waals surface area contributed by atoms with Gasteiger partial charge in [-0.15, -0.1) is 34.2 Å². The predicted molar refractivity (Wildman–Crippen MR) is 89.3 cm³/mol. The average Bonchev–Trinajstić information content (AvgIpc) is 2.95. The van der Waals surface area contributed by atoms with E-state index in [9.17, 15) is 0 Å². The molecule has 1 aliphatic heterocycles. The van der Waals surface area contributed by atoms with Gasteiger partial charge in [0.2, 0.25) is 0 Å². The summed E-state index contributed by atoms with van der Waals surface area (Å²) in [5, 5.41) is 11.8. The van der Waals surface area contributed by atoms with Crippen LogP contribution in [0.15, 0.2) is 4.99 Å². The van der Waals surface area contributed by atoms with Crippen LogP contribution in [0.4, 0.5) is 0 Å². The number of aromatic nitrogens is 3. The Hall–Kier alpha value is -0.860. The zero-order chi connectivity index (χ0) is 13.2. The fraction of sp³-hybridized carbons (Fsp3) is 0.769. The van der Waals surface area contributed by atoms with Crippen LogP contribution in [0, 0.1) is 6.92 Å². The Balaban J connectivity index is 0.00000147. The van der Waals surface area contributed by atoms with E-state index in [4.69, 9.17) is 4.99 Å². The molecule has 2 aliphatic rings. The summed E-state index contributed by atoms with van der Waals surface area (Å²) in [4.78, 5) is 7.10. The standard InChI is InChI=1S/C13H22N6.HI/c1-10-16-17-12(18(10)2)9-14-13(15-11-5-6-11)19-7-3-4-8-19;/h11H,3-9H2,1-2H3,(H,14,15);1H. The number of aliphatic imine (C=N–C) groups is 1.